The van der Waals surface area contributed by atoms with Gasteiger partial charge in [-0.25, -0.2) is 17.5 Å². The summed E-state index contributed by atoms with van der Waals surface area (Å²) in [6.07, 6.45) is 2.40. The van der Waals surface area contributed by atoms with E-state index in [9.17, 15) is 18.3 Å². The molecule has 1 aromatic carbocycles. The third kappa shape index (κ3) is 3.74. The van der Waals surface area contributed by atoms with Crippen molar-refractivity contribution in [3.05, 3.63) is 52.4 Å². The number of nitrogens with zero attached hydrogens (tertiary/aromatic N) is 1. The van der Waals surface area contributed by atoms with Crippen LogP contribution in [0.2, 0.25) is 5.02 Å². The Labute approximate surface area is 139 Å². The fraction of sp³-hybridized carbons (Fsp3) is 0.267. The van der Waals surface area contributed by atoms with E-state index < -0.39 is 16.0 Å². The summed E-state index contributed by atoms with van der Waals surface area (Å²) < 4.78 is 30.6. The van der Waals surface area contributed by atoms with Gasteiger partial charge in [-0.1, -0.05) is 11.6 Å². The van der Waals surface area contributed by atoms with Crippen molar-refractivity contribution in [1.29, 1.82) is 0 Å². The van der Waals surface area contributed by atoms with Gasteiger partial charge in [-0.05, 0) is 36.2 Å². The summed E-state index contributed by atoms with van der Waals surface area (Å²) in [7, 11) is -1.10. The molecule has 1 aromatic heterocycles. The number of carboxylic acids is 1. The van der Waals surface area contributed by atoms with Gasteiger partial charge in [-0.2, -0.15) is 0 Å². The van der Waals surface area contributed by atoms with Gasteiger partial charge >= 0.3 is 5.97 Å². The van der Waals surface area contributed by atoms with E-state index in [0.717, 1.165) is 10.4 Å². The SMILES string of the molecule is CN(C)S(=O)(=O)c1cc(C(=O)O)c(CCc2ccco2)cc1Cl. The molecule has 6 nitrogen and oxygen atoms in total. The Morgan fingerprint density at radius 3 is 2.52 bits per heavy atom. The predicted molar refractivity (Wildman–Crippen MR) is 85.4 cm³/mol. The molecule has 0 amide bonds. The number of aryl methyl sites for hydroxylation is 2. The highest BCUT2D eigenvalue weighted by atomic mass is 35.5. The maximum atomic E-state index is 12.2. The summed E-state index contributed by atoms with van der Waals surface area (Å²) in [5.74, 6) is -0.492. The van der Waals surface area contributed by atoms with Crippen LogP contribution in [-0.4, -0.2) is 37.9 Å². The number of aromatic carboxylic acids is 1. The van der Waals surface area contributed by atoms with E-state index >= 15 is 0 Å². The average Bonchev–Trinajstić information content (AvgIpc) is 2.97. The lowest BCUT2D eigenvalue weighted by atomic mass is 10.0. The normalized spacial score (nSPS) is 11.8. The van der Waals surface area contributed by atoms with Crippen LogP contribution in [0, 0.1) is 0 Å². The zero-order valence-corrected chi connectivity index (χ0v) is 14.2. The number of halogens is 1. The van der Waals surface area contributed by atoms with Crippen molar-refractivity contribution in [3.8, 4) is 0 Å². The molecule has 2 aromatic rings. The summed E-state index contributed by atoms with van der Waals surface area (Å²) in [6, 6.07) is 6.03. The maximum Gasteiger partial charge on any atom is 0.336 e. The molecule has 0 aliphatic rings. The molecule has 0 aliphatic carbocycles. The Morgan fingerprint density at radius 2 is 2.00 bits per heavy atom. The Kier molecular flexibility index (Phi) is 5.13. The van der Waals surface area contributed by atoms with Crippen LogP contribution in [0.15, 0.2) is 39.8 Å². The third-order valence-electron chi connectivity index (χ3n) is 3.37. The summed E-state index contributed by atoms with van der Waals surface area (Å²) in [6.45, 7) is 0. The van der Waals surface area contributed by atoms with Gasteiger partial charge in [-0.3, -0.25) is 0 Å². The minimum Gasteiger partial charge on any atom is -0.478 e. The second kappa shape index (κ2) is 6.74. The Balaban J connectivity index is 2.44. The molecule has 0 fully saturated rings. The molecule has 0 atom stereocenters. The zero-order chi connectivity index (χ0) is 17.2. The largest absolute Gasteiger partial charge is 0.478 e. The van der Waals surface area contributed by atoms with Gasteiger partial charge in [0.15, 0.2) is 0 Å². The van der Waals surface area contributed by atoms with Crippen LogP contribution in [0.25, 0.3) is 0 Å². The monoisotopic (exact) mass is 357 g/mol. The highest BCUT2D eigenvalue weighted by Crippen LogP contribution is 2.28. The van der Waals surface area contributed by atoms with Gasteiger partial charge < -0.3 is 9.52 Å². The van der Waals surface area contributed by atoms with Crippen molar-refractivity contribution >= 4 is 27.6 Å². The van der Waals surface area contributed by atoms with Gasteiger partial charge in [0.1, 0.15) is 10.7 Å². The number of sulfonamides is 1. The molecule has 124 valence electrons. The Hall–Kier alpha value is -1.83. The van der Waals surface area contributed by atoms with Crippen molar-refractivity contribution in [1.82, 2.24) is 4.31 Å². The van der Waals surface area contributed by atoms with E-state index in [0.29, 0.717) is 24.2 Å². The van der Waals surface area contributed by atoms with Crippen molar-refractivity contribution in [3.63, 3.8) is 0 Å². The standard InChI is InChI=1S/C15H16ClNO5S/c1-17(2)23(20,21)14-9-12(15(18)19)10(8-13(14)16)5-6-11-4-3-7-22-11/h3-4,7-9H,5-6H2,1-2H3,(H,18,19). The molecular weight excluding hydrogens is 342 g/mol. The van der Waals surface area contributed by atoms with Crippen molar-refractivity contribution in [2.45, 2.75) is 17.7 Å². The summed E-state index contributed by atoms with van der Waals surface area (Å²) >= 11 is 6.07. The van der Waals surface area contributed by atoms with Crippen LogP contribution in [0.1, 0.15) is 21.7 Å². The summed E-state index contributed by atoms with van der Waals surface area (Å²) in [5, 5.41) is 9.37. The first-order valence-corrected chi connectivity index (χ1v) is 8.56. The molecule has 0 saturated carbocycles. The first kappa shape index (κ1) is 17.5. The first-order valence-electron chi connectivity index (χ1n) is 6.74. The van der Waals surface area contributed by atoms with E-state index in [-0.39, 0.29) is 15.5 Å². The molecule has 23 heavy (non-hydrogen) atoms. The lowest BCUT2D eigenvalue weighted by Crippen LogP contribution is -2.23. The molecular formula is C15H16ClNO5S. The van der Waals surface area contributed by atoms with Crippen LogP contribution >= 0.6 is 11.6 Å². The molecule has 0 unspecified atom stereocenters. The van der Waals surface area contributed by atoms with E-state index in [4.69, 9.17) is 16.0 Å². The number of hydrogen-bond acceptors (Lipinski definition) is 4. The van der Waals surface area contributed by atoms with E-state index in [2.05, 4.69) is 0 Å². The molecule has 1 heterocycles. The van der Waals surface area contributed by atoms with Crippen LogP contribution in [-0.2, 0) is 22.9 Å². The molecule has 2 rings (SSSR count). The first-order chi connectivity index (χ1) is 10.7. The fourth-order valence-electron chi connectivity index (χ4n) is 2.11. The number of hydrogen-bond donors (Lipinski definition) is 1. The lowest BCUT2D eigenvalue weighted by Gasteiger charge is -2.15. The van der Waals surface area contributed by atoms with Crippen molar-refractivity contribution < 1.29 is 22.7 Å². The zero-order valence-electron chi connectivity index (χ0n) is 12.6. The van der Waals surface area contributed by atoms with Gasteiger partial charge in [0.25, 0.3) is 0 Å². The second-order valence-electron chi connectivity index (χ2n) is 5.11. The molecule has 1 N–H and O–H groups in total. The van der Waals surface area contributed by atoms with E-state index in [1.54, 1.807) is 12.1 Å². The van der Waals surface area contributed by atoms with Crippen LogP contribution in [0.3, 0.4) is 0 Å². The highest BCUT2D eigenvalue weighted by molar-refractivity contribution is 7.89. The minimum atomic E-state index is -3.82. The second-order valence-corrected chi connectivity index (χ2v) is 7.64. The molecule has 0 saturated heterocycles. The molecule has 8 heteroatoms. The van der Waals surface area contributed by atoms with E-state index in [1.807, 2.05) is 0 Å². The number of benzene rings is 1. The topological polar surface area (TPSA) is 87.8 Å². The minimum absolute atomic E-state index is 0.00172. The summed E-state index contributed by atoms with van der Waals surface area (Å²) in [4.78, 5) is 11.2. The maximum absolute atomic E-state index is 12.2. The highest BCUT2D eigenvalue weighted by Gasteiger charge is 2.24. The molecule has 0 spiro atoms. The molecule has 0 bridgehead atoms. The summed E-state index contributed by atoms with van der Waals surface area (Å²) in [5.41, 5.74) is 0.373. The van der Waals surface area contributed by atoms with Crippen molar-refractivity contribution in [2.75, 3.05) is 14.1 Å². The Bertz CT molecular complexity index is 813. The van der Waals surface area contributed by atoms with Gasteiger partial charge in [0.05, 0.1) is 16.8 Å². The number of carbonyl (C=O) groups is 1. The smallest absolute Gasteiger partial charge is 0.336 e. The van der Waals surface area contributed by atoms with Gasteiger partial charge in [0, 0.05) is 20.5 Å². The van der Waals surface area contributed by atoms with Crippen LogP contribution in [0.5, 0.6) is 0 Å². The number of rotatable bonds is 6. The van der Waals surface area contributed by atoms with Crippen molar-refractivity contribution in [2.24, 2.45) is 0 Å². The number of furan rings is 1. The predicted octanol–water partition coefficient (Wildman–Crippen LogP) is 2.67. The fourth-order valence-corrected chi connectivity index (χ4v) is 3.55. The van der Waals surface area contributed by atoms with Gasteiger partial charge in [-0.15, -0.1) is 0 Å². The van der Waals surface area contributed by atoms with Crippen LogP contribution < -0.4 is 0 Å². The van der Waals surface area contributed by atoms with E-state index in [1.165, 1.54) is 26.4 Å². The third-order valence-corrected chi connectivity index (χ3v) is 5.65. The van der Waals surface area contributed by atoms with Gasteiger partial charge in [0.2, 0.25) is 10.0 Å². The van der Waals surface area contributed by atoms with Crippen LogP contribution in [0.4, 0.5) is 0 Å². The lowest BCUT2D eigenvalue weighted by molar-refractivity contribution is 0.0695. The Morgan fingerprint density at radius 1 is 1.30 bits per heavy atom. The quantitative estimate of drug-likeness (QED) is 0.858. The molecule has 0 radical (unpaired) electrons. The number of carboxylic acid groups (broad SMARTS) is 1. The molecule has 0 aliphatic heterocycles. The average molecular weight is 358 g/mol.